The van der Waals surface area contributed by atoms with E-state index in [0.717, 1.165) is 0 Å². The van der Waals surface area contributed by atoms with Gasteiger partial charge in [-0.05, 0) is 47.3 Å². The molecule has 164 valence electrons. The minimum absolute atomic E-state index is 1.21. The van der Waals surface area contributed by atoms with Gasteiger partial charge in [0.2, 0.25) is 0 Å². The minimum atomic E-state index is 1.21. The number of nitrogens with zero attached hydrogens (tertiary/aromatic N) is 1. The number of benzene rings is 6. The fourth-order valence-electron chi connectivity index (χ4n) is 5.89. The molecule has 0 aliphatic carbocycles. The normalized spacial score (nSPS) is 12.1. The predicted molar refractivity (Wildman–Crippen MR) is 153 cm³/mol. The molecule has 0 saturated heterocycles. The summed E-state index contributed by atoms with van der Waals surface area (Å²) in [4.78, 5) is 0. The minimum Gasteiger partial charge on any atom is -0.309 e. The van der Waals surface area contributed by atoms with E-state index >= 15 is 0 Å². The van der Waals surface area contributed by atoms with Crippen molar-refractivity contribution in [3.63, 3.8) is 0 Å². The van der Waals surface area contributed by atoms with Crippen LogP contribution in [0.4, 0.5) is 0 Å². The van der Waals surface area contributed by atoms with Crippen LogP contribution in [0.25, 0.3) is 69.2 Å². The second kappa shape index (κ2) is 6.94. The zero-order chi connectivity index (χ0) is 23.1. The van der Waals surface area contributed by atoms with Gasteiger partial charge in [-0.3, -0.25) is 0 Å². The number of aromatic nitrogens is 1. The van der Waals surface area contributed by atoms with Crippen molar-refractivity contribution in [1.82, 2.24) is 4.57 Å². The van der Waals surface area contributed by atoms with E-state index in [4.69, 9.17) is 0 Å². The Morgan fingerprint density at radius 3 is 2.11 bits per heavy atom. The van der Waals surface area contributed by atoms with Crippen LogP contribution in [0.2, 0.25) is 0 Å². The van der Waals surface area contributed by atoms with Crippen molar-refractivity contribution < 1.29 is 0 Å². The molecular formula is C33H21NS. The number of hydrogen-bond acceptors (Lipinski definition) is 1. The zero-order valence-corrected chi connectivity index (χ0v) is 20.1. The molecule has 0 bridgehead atoms. The fourth-order valence-corrected chi connectivity index (χ4v) is 7.17. The first-order chi connectivity index (χ1) is 17.3. The molecule has 1 nitrogen and oxygen atoms in total. The highest BCUT2D eigenvalue weighted by molar-refractivity contribution is 7.27. The molecule has 0 N–H and O–H groups in total. The summed E-state index contributed by atoms with van der Waals surface area (Å²) >= 11 is 1.92. The highest BCUT2D eigenvalue weighted by Crippen LogP contribution is 2.49. The summed E-state index contributed by atoms with van der Waals surface area (Å²) in [7, 11) is 0. The van der Waals surface area contributed by atoms with E-state index in [1.165, 1.54) is 74.8 Å². The third-order valence-electron chi connectivity index (χ3n) is 7.42. The van der Waals surface area contributed by atoms with Crippen LogP contribution in [0, 0.1) is 6.92 Å². The smallest absolute Gasteiger partial charge is 0.0640 e. The molecule has 8 rings (SSSR count). The SMILES string of the molecule is Cc1ccc(-n2c3ccccc3c3c4ccc5ccccc5c4c4sc5ccccc5c4c32)cc1. The first kappa shape index (κ1) is 19.2. The van der Waals surface area contributed by atoms with Gasteiger partial charge in [0.1, 0.15) is 0 Å². The molecule has 0 aliphatic heterocycles. The molecular weight excluding hydrogens is 442 g/mol. The summed E-state index contributed by atoms with van der Waals surface area (Å²) in [6, 6.07) is 40.2. The van der Waals surface area contributed by atoms with Crippen LogP contribution in [-0.4, -0.2) is 4.57 Å². The van der Waals surface area contributed by atoms with Crippen molar-refractivity contribution in [3.05, 3.63) is 115 Å². The van der Waals surface area contributed by atoms with Crippen molar-refractivity contribution in [2.24, 2.45) is 0 Å². The van der Waals surface area contributed by atoms with Crippen molar-refractivity contribution >= 4 is 74.9 Å². The lowest BCUT2D eigenvalue weighted by Crippen LogP contribution is -1.94. The van der Waals surface area contributed by atoms with Crippen LogP contribution in [-0.2, 0) is 0 Å². The maximum Gasteiger partial charge on any atom is 0.0640 e. The molecule has 6 aromatic carbocycles. The molecule has 2 heteroatoms. The van der Waals surface area contributed by atoms with Crippen LogP contribution in [0.15, 0.2) is 109 Å². The Bertz CT molecular complexity index is 2110. The molecule has 0 fully saturated rings. The molecule has 2 heterocycles. The van der Waals surface area contributed by atoms with Gasteiger partial charge < -0.3 is 4.57 Å². The Morgan fingerprint density at radius 2 is 1.26 bits per heavy atom. The van der Waals surface area contributed by atoms with Crippen LogP contribution < -0.4 is 0 Å². The average molecular weight is 464 g/mol. The van der Waals surface area contributed by atoms with Crippen molar-refractivity contribution in [1.29, 1.82) is 0 Å². The molecule has 0 aliphatic rings. The van der Waals surface area contributed by atoms with Gasteiger partial charge in [0.15, 0.2) is 0 Å². The Balaban J connectivity index is 1.77. The summed E-state index contributed by atoms with van der Waals surface area (Å²) in [5, 5.41) is 10.7. The molecule has 0 saturated carbocycles. The Labute approximate surface area is 206 Å². The third kappa shape index (κ3) is 2.52. The topological polar surface area (TPSA) is 4.93 Å². The van der Waals surface area contributed by atoms with Crippen LogP contribution in [0.3, 0.4) is 0 Å². The van der Waals surface area contributed by atoms with Gasteiger partial charge in [0.05, 0.1) is 11.0 Å². The average Bonchev–Trinajstić information content (AvgIpc) is 3.45. The number of fused-ring (bicyclic) bond motifs is 12. The lowest BCUT2D eigenvalue weighted by Gasteiger charge is -2.12. The quantitative estimate of drug-likeness (QED) is 0.213. The van der Waals surface area contributed by atoms with E-state index in [2.05, 4.69) is 121 Å². The second-order valence-corrected chi connectivity index (χ2v) is 10.5. The highest BCUT2D eigenvalue weighted by atomic mass is 32.1. The lowest BCUT2D eigenvalue weighted by atomic mass is 9.95. The summed E-state index contributed by atoms with van der Waals surface area (Å²) in [5.41, 5.74) is 5.05. The van der Waals surface area contributed by atoms with Gasteiger partial charge >= 0.3 is 0 Å². The maximum absolute atomic E-state index is 2.49. The standard InChI is InChI=1S/C33H21NS/c1-20-14-17-22(18-15-20)34-27-12-6-4-10-24(27)29-26-19-16-21-8-2-3-9-23(21)30(26)33-31(32(29)34)25-11-5-7-13-28(25)35-33/h2-19H,1H3. The third-order valence-corrected chi connectivity index (χ3v) is 8.61. The summed E-state index contributed by atoms with van der Waals surface area (Å²) < 4.78 is 5.20. The largest absolute Gasteiger partial charge is 0.309 e. The number of hydrogen-bond donors (Lipinski definition) is 0. The first-order valence-corrected chi connectivity index (χ1v) is 12.9. The van der Waals surface area contributed by atoms with Gasteiger partial charge in [-0.25, -0.2) is 0 Å². The fraction of sp³-hybridized carbons (Fsp3) is 0.0303. The van der Waals surface area contributed by atoms with E-state index < -0.39 is 0 Å². The van der Waals surface area contributed by atoms with E-state index in [0.29, 0.717) is 0 Å². The first-order valence-electron chi connectivity index (χ1n) is 12.0. The number of thiophene rings is 1. The van der Waals surface area contributed by atoms with Gasteiger partial charge in [-0.1, -0.05) is 90.5 Å². The monoisotopic (exact) mass is 463 g/mol. The molecule has 8 aromatic rings. The number of aryl methyl sites for hydroxylation is 1. The summed E-state index contributed by atoms with van der Waals surface area (Å²) in [5.74, 6) is 0. The van der Waals surface area contributed by atoms with Gasteiger partial charge in [-0.15, -0.1) is 11.3 Å². The highest BCUT2D eigenvalue weighted by Gasteiger charge is 2.22. The van der Waals surface area contributed by atoms with Crippen LogP contribution >= 0.6 is 11.3 Å². The van der Waals surface area contributed by atoms with E-state index in [9.17, 15) is 0 Å². The summed E-state index contributed by atoms with van der Waals surface area (Å²) in [6.07, 6.45) is 0. The molecule has 35 heavy (non-hydrogen) atoms. The lowest BCUT2D eigenvalue weighted by molar-refractivity contribution is 1.18. The zero-order valence-electron chi connectivity index (χ0n) is 19.2. The Morgan fingerprint density at radius 1 is 0.543 bits per heavy atom. The van der Waals surface area contributed by atoms with Crippen molar-refractivity contribution in [3.8, 4) is 5.69 Å². The van der Waals surface area contributed by atoms with E-state index in [1.54, 1.807) is 0 Å². The van der Waals surface area contributed by atoms with E-state index in [-0.39, 0.29) is 0 Å². The van der Waals surface area contributed by atoms with Gasteiger partial charge in [-0.2, -0.15) is 0 Å². The molecule has 0 radical (unpaired) electrons. The summed E-state index contributed by atoms with van der Waals surface area (Å²) in [6.45, 7) is 2.15. The van der Waals surface area contributed by atoms with Crippen molar-refractivity contribution in [2.75, 3.05) is 0 Å². The number of para-hydroxylation sites is 1. The molecule has 2 aromatic heterocycles. The molecule has 0 spiro atoms. The van der Waals surface area contributed by atoms with Crippen LogP contribution in [0.5, 0.6) is 0 Å². The van der Waals surface area contributed by atoms with Crippen molar-refractivity contribution in [2.45, 2.75) is 6.92 Å². The van der Waals surface area contributed by atoms with Gasteiger partial charge in [0.25, 0.3) is 0 Å². The predicted octanol–water partition coefficient (Wildman–Crippen LogP) is 9.77. The molecule has 0 amide bonds. The van der Waals surface area contributed by atoms with Crippen LogP contribution in [0.1, 0.15) is 5.56 Å². The molecule has 0 unspecified atom stereocenters. The van der Waals surface area contributed by atoms with E-state index in [1.807, 2.05) is 11.3 Å². The van der Waals surface area contributed by atoms with Gasteiger partial charge in [0, 0.05) is 42.0 Å². The number of rotatable bonds is 1. The second-order valence-electron chi connectivity index (χ2n) is 9.42. The Kier molecular flexibility index (Phi) is 3.81. The molecule has 0 atom stereocenters. The Hall–Kier alpha value is -4.14. The maximum atomic E-state index is 2.49.